The average molecular weight is 395 g/mol. The molecule has 1 aliphatic heterocycles. The third-order valence-corrected chi connectivity index (χ3v) is 4.61. The van der Waals surface area contributed by atoms with Gasteiger partial charge in [-0.25, -0.2) is 0 Å². The van der Waals surface area contributed by atoms with E-state index in [1.807, 2.05) is 38.4 Å². The van der Waals surface area contributed by atoms with Crippen molar-refractivity contribution in [2.24, 2.45) is 0 Å². The summed E-state index contributed by atoms with van der Waals surface area (Å²) in [7, 11) is 0.500. The monoisotopic (exact) mass is 394 g/mol. The highest BCUT2D eigenvalue weighted by atomic mass is 19.1. The molecular weight excluding hydrogens is 363 g/mol. The van der Waals surface area contributed by atoms with Crippen molar-refractivity contribution in [3.63, 3.8) is 0 Å². The van der Waals surface area contributed by atoms with Gasteiger partial charge in [-0.3, -0.25) is 9.37 Å². The molecule has 4 rings (SSSR count). The summed E-state index contributed by atoms with van der Waals surface area (Å²) in [4.78, 5) is 4.38. The van der Waals surface area contributed by atoms with Crippen molar-refractivity contribution >= 4 is 0 Å². The number of hydrogen-bond donors (Lipinski definition) is 1. The fourth-order valence-corrected chi connectivity index (χ4v) is 3.27. The van der Waals surface area contributed by atoms with Crippen molar-refractivity contribution in [2.45, 2.75) is 39.3 Å². The number of halogens is 1. The van der Waals surface area contributed by atoms with Crippen molar-refractivity contribution in [1.29, 1.82) is 0 Å². The number of ether oxygens (including phenoxy) is 1. The Bertz CT molecular complexity index is 839. The molecule has 154 valence electrons. The Morgan fingerprint density at radius 1 is 0.966 bits per heavy atom. The third kappa shape index (κ3) is 6.68. The van der Waals surface area contributed by atoms with Crippen LogP contribution in [0.25, 0.3) is 11.1 Å². The average Bonchev–Trinajstić information content (AvgIpc) is 2.82. The van der Waals surface area contributed by atoms with Crippen molar-refractivity contribution in [3.05, 3.63) is 84.2 Å². The molecule has 1 aromatic heterocycles. The van der Waals surface area contributed by atoms with Gasteiger partial charge in [0, 0.05) is 31.0 Å². The van der Waals surface area contributed by atoms with E-state index < -0.39 is 0 Å². The largest absolute Gasteiger partial charge is 0.489 e. The molecule has 0 fully saturated rings. The molecule has 1 atom stereocenters. The molecule has 1 N–H and O–H groups in total. The highest BCUT2D eigenvalue weighted by molar-refractivity contribution is 5.62. The van der Waals surface area contributed by atoms with E-state index in [0.717, 1.165) is 37.2 Å². The van der Waals surface area contributed by atoms with Crippen LogP contribution in [-0.4, -0.2) is 24.8 Å². The molecule has 2 aromatic carbocycles. The van der Waals surface area contributed by atoms with Crippen LogP contribution < -0.4 is 10.1 Å². The molecule has 3 aromatic rings. The van der Waals surface area contributed by atoms with Gasteiger partial charge in [0.2, 0.25) is 0 Å². The molecule has 0 radical (unpaired) electrons. The molecule has 2 heterocycles. The number of benzene rings is 2. The zero-order chi connectivity index (χ0) is 20.9. The summed E-state index contributed by atoms with van der Waals surface area (Å²) >= 11 is 0. The normalized spacial score (nSPS) is 14.3. The maximum absolute atomic E-state index is 9.50. The lowest BCUT2D eigenvalue weighted by atomic mass is 10.0. The first-order valence-electron chi connectivity index (χ1n) is 10.2. The number of alkyl halides is 1. The van der Waals surface area contributed by atoms with Gasteiger partial charge >= 0.3 is 0 Å². The number of hydrogen-bond acceptors (Lipinski definition) is 3. The molecule has 0 saturated carbocycles. The van der Waals surface area contributed by atoms with Crippen LogP contribution in [0.2, 0.25) is 0 Å². The zero-order valence-electron chi connectivity index (χ0n) is 17.6. The topological polar surface area (TPSA) is 34.2 Å². The van der Waals surface area contributed by atoms with Crippen LogP contribution in [0.3, 0.4) is 0 Å². The Kier molecular flexibility index (Phi) is 9.87. The van der Waals surface area contributed by atoms with Crippen molar-refractivity contribution in [2.75, 3.05) is 13.7 Å². The number of pyridine rings is 1. The lowest BCUT2D eigenvalue weighted by Crippen LogP contribution is -2.33. The van der Waals surface area contributed by atoms with Crippen LogP contribution in [0.15, 0.2) is 73.1 Å². The van der Waals surface area contributed by atoms with Gasteiger partial charge < -0.3 is 10.1 Å². The predicted molar refractivity (Wildman–Crippen MR) is 119 cm³/mol. The molecule has 0 aliphatic carbocycles. The lowest BCUT2D eigenvalue weighted by molar-refractivity contribution is 0.170. The second-order valence-corrected chi connectivity index (χ2v) is 6.47. The molecule has 0 amide bonds. The third-order valence-electron chi connectivity index (χ3n) is 4.61. The van der Waals surface area contributed by atoms with Gasteiger partial charge in [0.1, 0.15) is 11.9 Å². The maximum Gasteiger partial charge on any atom is 0.122 e. The van der Waals surface area contributed by atoms with E-state index in [1.54, 1.807) is 0 Å². The van der Waals surface area contributed by atoms with E-state index in [0.29, 0.717) is 7.18 Å². The fraction of sp³-hybridized carbons (Fsp3) is 0.320. The number of nitrogens with one attached hydrogen (secondary N) is 1. The molecular formula is C25H31FN2O. The summed E-state index contributed by atoms with van der Waals surface area (Å²) in [6.07, 6.45) is 6.23. The summed E-state index contributed by atoms with van der Waals surface area (Å²) < 4.78 is 15.6. The van der Waals surface area contributed by atoms with Crippen LogP contribution in [0.1, 0.15) is 31.4 Å². The first-order chi connectivity index (χ1) is 14.4. The zero-order valence-corrected chi connectivity index (χ0v) is 17.6. The molecule has 1 aliphatic rings. The lowest BCUT2D eigenvalue weighted by Gasteiger charge is -2.26. The highest BCUT2D eigenvalue weighted by Gasteiger charge is 2.18. The molecule has 0 bridgehead atoms. The standard InChI is InChI=1S/C22H22N2O.C2H6.CH3F/c1-2-6-18(7-3-1)20-12-17(13-23-15-20)14-24-16-21-11-10-19-8-4-5-9-22(19)25-21;2*1-2/h1-9,12-13,15,21,24H,10-11,14,16H2;1-2H3;1H3. The Morgan fingerprint density at radius 2 is 1.69 bits per heavy atom. The molecule has 0 spiro atoms. The Hall–Kier alpha value is -2.72. The van der Waals surface area contributed by atoms with Crippen molar-refractivity contribution < 1.29 is 9.13 Å². The van der Waals surface area contributed by atoms with Gasteiger partial charge in [0.25, 0.3) is 0 Å². The summed E-state index contributed by atoms with van der Waals surface area (Å²) in [5.41, 5.74) is 4.86. The number of rotatable bonds is 5. The van der Waals surface area contributed by atoms with Gasteiger partial charge in [0.05, 0.1) is 7.18 Å². The van der Waals surface area contributed by atoms with Gasteiger partial charge in [-0.1, -0.05) is 62.4 Å². The van der Waals surface area contributed by atoms with E-state index in [1.165, 1.54) is 16.7 Å². The van der Waals surface area contributed by atoms with Gasteiger partial charge in [-0.2, -0.15) is 0 Å². The summed E-state index contributed by atoms with van der Waals surface area (Å²) in [5, 5.41) is 3.52. The summed E-state index contributed by atoms with van der Waals surface area (Å²) in [6, 6.07) is 20.9. The Labute approximate surface area is 174 Å². The maximum atomic E-state index is 9.50. The number of fused-ring (bicyclic) bond motifs is 1. The molecule has 3 nitrogen and oxygen atoms in total. The Morgan fingerprint density at radius 3 is 2.48 bits per heavy atom. The minimum Gasteiger partial charge on any atom is -0.489 e. The second-order valence-electron chi connectivity index (χ2n) is 6.47. The number of aryl methyl sites for hydroxylation is 1. The Balaban J connectivity index is 0.000000707. The quantitative estimate of drug-likeness (QED) is 0.590. The fourth-order valence-electron chi connectivity index (χ4n) is 3.27. The van der Waals surface area contributed by atoms with Crippen LogP contribution in [0.5, 0.6) is 5.75 Å². The summed E-state index contributed by atoms with van der Waals surface area (Å²) in [6.45, 7) is 5.65. The molecule has 29 heavy (non-hydrogen) atoms. The van der Waals surface area contributed by atoms with Gasteiger partial charge in [-0.05, 0) is 41.7 Å². The SMILES string of the molecule is CC.CF.c1ccc(-c2cncc(CNCC3CCc4ccccc4O3)c2)cc1. The predicted octanol–water partition coefficient (Wildman–Crippen LogP) is 5.84. The van der Waals surface area contributed by atoms with Crippen LogP contribution in [-0.2, 0) is 13.0 Å². The van der Waals surface area contributed by atoms with E-state index in [-0.39, 0.29) is 6.10 Å². The molecule has 4 heteroatoms. The van der Waals surface area contributed by atoms with E-state index >= 15 is 0 Å². The molecule has 0 saturated heterocycles. The van der Waals surface area contributed by atoms with E-state index in [9.17, 15) is 4.39 Å². The van der Waals surface area contributed by atoms with Crippen molar-refractivity contribution in [3.8, 4) is 16.9 Å². The minimum atomic E-state index is 0.236. The van der Waals surface area contributed by atoms with E-state index in [4.69, 9.17) is 4.74 Å². The highest BCUT2D eigenvalue weighted by Crippen LogP contribution is 2.26. The first kappa shape index (κ1) is 22.6. The smallest absolute Gasteiger partial charge is 0.122 e. The number of aromatic nitrogens is 1. The van der Waals surface area contributed by atoms with Crippen LogP contribution >= 0.6 is 0 Å². The van der Waals surface area contributed by atoms with Gasteiger partial charge in [0.15, 0.2) is 0 Å². The van der Waals surface area contributed by atoms with Crippen LogP contribution in [0.4, 0.5) is 4.39 Å². The van der Waals surface area contributed by atoms with E-state index in [2.05, 4.69) is 58.8 Å². The van der Waals surface area contributed by atoms with Gasteiger partial charge in [-0.15, -0.1) is 0 Å². The first-order valence-corrected chi connectivity index (χ1v) is 10.2. The van der Waals surface area contributed by atoms with Crippen LogP contribution in [0, 0.1) is 0 Å². The number of nitrogens with zero attached hydrogens (tertiary/aromatic N) is 1. The number of para-hydroxylation sites is 1. The second kappa shape index (κ2) is 12.7. The van der Waals surface area contributed by atoms with Crippen molar-refractivity contribution in [1.82, 2.24) is 10.3 Å². The molecule has 1 unspecified atom stereocenters. The minimum absolute atomic E-state index is 0.236. The summed E-state index contributed by atoms with van der Waals surface area (Å²) in [5.74, 6) is 1.04.